The summed E-state index contributed by atoms with van der Waals surface area (Å²) in [4.78, 5) is 10.8. The summed E-state index contributed by atoms with van der Waals surface area (Å²) in [5.74, 6) is 1.72. The molecular weight excluding hydrogens is 815 g/mol. The fourth-order valence-corrected chi connectivity index (χ4v) is 10.1. The highest BCUT2D eigenvalue weighted by Gasteiger charge is 2.22. The molecule has 5 nitrogen and oxygen atoms in total. The molecule has 67 heavy (non-hydrogen) atoms. The fraction of sp³-hybridized carbons (Fsp3) is 0. The highest BCUT2D eigenvalue weighted by atomic mass is 15.1. The standard InChI is InChI=1S/C62H41N5/c1-4-20-46(21-5-1)65-57-33-17-14-30-53(57)54-41-42(36-37-58(54)65)49-26-10-12-28-51(49)52-29-13-11-27-50(52)43-38-44(61-63-55-31-15-18-34-59(55)66(61)47-22-6-2-7-23-47)40-45(39-43)62-64-56-32-16-19-35-60(56)67(62)48-24-8-3-9-25-48/h1-41H. The summed E-state index contributed by atoms with van der Waals surface area (Å²) in [7, 11) is 0. The number of hydrogen-bond donors (Lipinski definition) is 0. The van der Waals surface area contributed by atoms with E-state index >= 15 is 0 Å². The highest BCUT2D eigenvalue weighted by molar-refractivity contribution is 6.11. The molecule has 3 heterocycles. The Bertz CT molecular complexity index is 3840. The molecule has 0 saturated heterocycles. The summed E-state index contributed by atoms with van der Waals surface area (Å²) in [6, 6.07) is 88.7. The molecule has 10 aromatic carbocycles. The maximum atomic E-state index is 5.39. The average molecular weight is 856 g/mol. The molecule has 0 aliphatic rings. The Morgan fingerprint density at radius 3 is 1.16 bits per heavy atom. The van der Waals surface area contributed by atoms with Gasteiger partial charge in [-0.2, -0.15) is 0 Å². The molecule has 13 rings (SSSR count). The van der Waals surface area contributed by atoms with Crippen LogP contribution in [-0.2, 0) is 0 Å². The van der Waals surface area contributed by atoms with E-state index in [-0.39, 0.29) is 0 Å². The molecule has 0 spiro atoms. The molecule has 0 N–H and O–H groups in total. The first-order chi connectivity index (χ1) is 33.2. The number of aromatic nitrogens is 5. The third-order valence-corrected chi connectivity index (χ3v) is 13.1. The predicted octanol–water partition coefficient (Wildman–Crippen LogP) is 15.8. The van der Waals surface area contributed by atoms with Crippen molar-refractivity contribution in [1.82, 2.24) is 23.7 Å². The van der Waals surface area contributed by atoms with E-state index in [1.165, 1.54) is 27.4 Å². The molecule has 0 aliphatic heterocycles. The summed E-state index contributed by atoms with van der Waals surface area (Å²) in [5.41, 5.74) is 18.4. The van der Waals surface area contributed by atoms with Gasteiger partial charge in [-0.15, -0.1) is 0 Å². The van der Waals surface area contributed by atoms with Crippen LogP contribution in [-0.4, -0.2) is 23.7 Å². The molecular formula is C62H41N5. The van der Waals surface area contributed by atoms with Gasteiger partial charge in [0, 0.05) is 39.0 Å². The number of para-hydroxylation sites is 8. The first-order valence-corrected chi connectivity index (χ1v) is 22.7. The minimum absolute atomic E-state index is 0.860. The zero-order valence-electron chi connectivity index (χ0n) is 36.4. The molecule has 0 amide bonds. The summed E-state index contributed by atoms with van der Waals surface area (Å²) in [5, 5.41) is 2.45. The Balaban J connectivity index is 1.04. The normalized spacial score (nSPS) is 11.6. The molecule has 314 valence electrons. The van der Waals surface area contributed by atoms with Gasteiger partial charge >= 0.3 is 0 Å². The smallest absolute Gasteiger partial charge is 0.145 e. The predicted molar refractivity (Wildman–Crippen MR) is 277 cm³/mol. The zero-order valence-corrected chi connectivity index (χ0v) is 36.4. The lowest BCUT2D eigenvalue weighted by Gasteiger charge is -2.18. The van der Waals surface area contributed by atoms with E-state index in [4.69, 9.17) is 9.97 Å². The molecule has 0 saturated carbocycles. The second kappa shape index (κ2) is 15.9. The number of fused-ring (bicyclic) bond motifs is 5. The molecule has 5 heteroatoms. The number of nitrogens with zero attached hydrogens (tertiary/aromatic N) is 5. The van der Waals surface area contributed by atoms with Crippen molar-refractivity contribution in [2.45, 2.75) is 0 Å². The van der Waals surface area contributed by atoms with E-state index in [0.29, 0.717) is 0 Å². The van der Waals surface area contributed by atoms with Gasteiger partial charge in [-0.25, -0.2) is 9.97 Å². The summed E-state index contributed by atoms with van der Waals surface area (Å²) < 4.78 is 6.94. The lowest BCUT2D eigenvalue weighted by atomic mass is 9.88. The topological polar surface area (TPSA) is 40.6 Å². The van der Waals surface area contributed by atoms with E-state index in [9.17, 15) is 0 Å². The summed E-state index contributed by atoms with van der Waals surface area (Å²) in [6.07, 6.45) is 0. The molecule has 0 fully saturated rings. The number of rotatable bonds is 8. The van der Waals surface area contributed by atoms with Crippen LogP contribution in [0.2, 0.25) is 0 Å². The summed E-state index contributed by atoms with van der Waals surface area (Å²) >= 11 is 0. The molecule has 0 unspecified atom stereocenters. The highest BCUT2D eigenvalue weighted by Crippen LogP contribution is 2.43. The first-order valence-electron chi connectivity index (χ1n) is 22.7. The molecule has 0 atom stereocenters. The van der Waals surface area contributed by atoms with Crippen LogP contribution in [0.25, 0.3) is 117 Å². The maximum Gasteiger partial charge on any atom is 0.145 e. The van der Waals surface area contributed by atoms with Crippen LogP contribution in [0.5, 0.6) is 0 Å². The van der Waals surface area contributed by atoms with Gasteiger partial charge in [-0.1, -0.05) is 152 Å². The molecule has 0 radical (unpaired) electrons. The van der Waals surface area contributed by atoms with Crippen molar-refractivity contribution in [3.63, 3.8) is 0 Å². The van der Waals surface area contributed by atoms with Crippen LogP contribution >= 0.6 is 0 Å². The molecule has 0 bridgehead atoms. The minimum Gasteiger partial charge on any atom is -0.309 e. The Labute approximate surface area is 387 Å². The lowest BCUT2D eigenvalue weighted by Crippen LogP contribution is -2.00. The Morgan fingerprint density at radius 1 is 0.239 bits per heavy atom. The average Bonchev–Trinajstić information content (AvgIpc) is 4.10. The third-order valence-electron chi connectivity index (χ3n) is 13.1. The van der Waals surface area contributed by atoms with Crippen LogP contribution in [0.4, 0.5) is 0 Å². The van der Waals surface area contributed by atoms with Crippen LogP contribution < -0.4 is 0 Å². The monoisotopic (exact) mass is 855 g/mol. The summed E-state index contributed by atoms with van der Waals surface area (Å²) in [6.45, 7) is 0. The van der Waals surface area contributed by atoms with Gasteiger partial charge in [-0.3, -0.25) is 9.13 Å². The van der Waals surface area contributed by atoms with Crippen molar-refractivity contribution < 1.29 is 0 Å². The Morgan fingerprint density at radius 2 is 0.627 bits per heavy atom. The Hall–Kier alpha value is -9.06. The van der Waals surface area contributed by atoms with Crippen molar-refractivity contribution in [3.8, 4) is 73.2 Å². The van der Waals surface area contributed by atoms with Gasteiger partial charge in [-0.05, 0) is 130 Å². The van der Waals surface area contributed by atoms with E-state index in [1.807, 2.05) is 0 Å². The Kier molecular flexibility index (Phi) is 9.10. The minimum atomic E-state index is 0.860. The van der Waals surface area contributed by atoms with Gasteiger partial charge in [0.2, 0.25) is 0 Å². The SMILES string of the molecule is c1ccc(-n2c(-c3cc(-c4ccccc4-c4ccccc4-c4ccc5c(c4)c4ccccc4n5-c4ccccc4)cc(-c4nc5ccccc5n4-c4ccccc4)c3)nc3ccccc32)cc1. The van der Waals surface area contributed by atoms with Crippen molar-refractivity contribution in [2.75, 3.05) is 0 Å². The number of hydrogen-bond acceptors (Lipinski definition) is 2. The molecule has 3 aromatic heterocycles. The van der Waals surface area contributed by atoms with E-state index < -0.39 is 0 Å². The lowest BCUT2D eigenvalue weighted by molar-refractivity contribution is 1.09. The number of imidazole rings is 2. The van der Waals surface area contributed by atoms with Gasteiger partial charge in [0.05, 0.1) is 33.1 Å². The van der Waals surface area contributed by atoms with Crippen molar-refractivity contribution in [1.29, 1.82) is 0 Å². The van der Waals surface area contributed by atoms with E-state index in [0.717, 1.165) is 89.7 Å². The van der Waals surface area contributed by atoms with Gasteiger partial charge in [0.15, 0.2) is 0 Å². The van der Waals surface area contributed by atoms with Gasteiger partial charge in [0.25, 0.3) is 0 Å². The van der Waals surface area contributed by atoms with Crippen molar-refractivity contribution in [3.05, 3.63) is 249 Å². The zero-order chi connectivity index (χ0) is 44.3. The second-order valence-corrected chi connectivity index (χ2v) is 17.0. The van der Waals surface area contributed by atoms with Crippen molar-refractivity contribution >= 4 is 43.9 Å². The van der Waals surface area contributed by atoms with Crippen molar-refractivity contribution in [2.24, 2.45) is 0 Å². The van der Waals surface area contributed by atoms with Crippen LogP contribution in [0, 0.1) is 0 Å². The molecule has 13 aromatic rings. The van der Waals surface area contributed by atoms with Crippen LogP contribution in [0.1, 0.15) is 0 Å². The molecule has 0 aliphatic carbocycles. The quantitative estimate of drug-likeness (QED) is 0.153. The van der Waals surface area contributed by atoms with Gasteiger partial charge in [0.1, 0.15) is 11.6 Å². The van der Waals surface area contributed by atoms with Crippen LogP contribution in [0.3, 0.4) is 0 Å². The fourth-order valence-electron chi connectivity index (χ4n) is 10.1. The number of benzene rings is 10. The third kappa shape index (κ3) is 6.47. The largest absolute Gasteiger partial charge is 0.309 e. The van der Waals surface area contributed by atoms with Gasteiger partial charge < -0.3 is 4.57 Å². The second-order valence-electron chi connectivity index (χ2n) is 17.0. The van der Waals surface area contributed by atoms with E-state index in [1.54, 1.807) is 0 Å². The first kappa shape index (κ1) is 38.4. The van der Waals surface area contributed by atoms with E-state index in [2.05, 4.69) is 262 Å². The van der Waals surface area contributed by atoms with Crippen LogP contribution in [0.15, 0.2) is 249 Å². The maximum absolute atomic E-state index is 5.39.